The van der Waals surface area contributed by atoms with Gasteiger partial charge in [0, 0.05) is 19.2 Å². The minimum Gasteiger partial charge on any atom is -0.484 e. The summed E-state index contributed by atoms with van der Waals surface area (Å²) in [5.74, 6) is 2.45. The molecule has 2 heterocycles. The predicted octanol–water partition coefficient (Wildman–Crippen LogP) is 1.50. The molecule has 0 saturated carbocycles. The Morgan fingerprint density at radius 3 is 2.64 bits per heavy atom. The Hall–Kier alpha value is -2.87. The lowest BCUT2D eigenvalue weighted by atomic mass is 10.2. The van der Waals surface area contributed by atoms with Gasteiger partial charge in [-0.1, -0.05) is 17.7 Å². The standard InChI is InChI=1S/C20H26N4O4/c1-15-3-5-17(6-4-15)28-14-19(25)21-7-10-27-20-13-18(22-16(2)23-20)24-8-11-26-12-9-24/h3-6,13H,7-12,14H2,1-2H3,(H,21,25). The van der Waals surface area contributed by atoms with Crippen LogP contribution in [0.3, 0.4) is 0 Å². The van der Waals surface area contributed by atoms with Gasteiger partial charge in [0.1, 0.15) is 24.0 Å². The minimum atomic E-state index is -0.197. The molecule has 1 aliphatic rings. The molecule has 0 unspecified atom stereocenters. The van der Waals surface area contributed by atoms with E-state index in [2.05, 4.69) is 20.2 Å². The van der Waals surface area contributed by atoms with Gasteiger partial charge in [0.15, 0.2) is 6.61 Å². The predicted molar refractivity (Wildman–Crippen MR) is 105 cm³/mol. The summed E-state index contributed by atoms with van der Waals surface area (Å²) in [6.45, 7) is 7.46. The topological polar surface area (TPSA) is 85.8 Å². The highest BCUT2D eigenvalue weighted by Crippen LogP contribution is 2.18. The molecule has 0 spiro atoms. The van der Waals surface area contributed by atoms with Crippen molar-refractivity contribution in [2.75, 3.05) is 51.0 Å². The molecule has 1 fully saturated rings. The van der Waals surface area contributed by atoms with Gasteiger partial charge >= 0.3 is 0 Å². The number of morpholine rings is 1. The SMILES string of the molecule is Cc1ccc(OCC(=O)NCCOc2cc(N3CCOCC3)nc(C)n2)cc1. The van der Waals surface area contributed by atoms with Gasteiger partial charge < -0.3 is 24.4 Å². The van der Waals surface area contributed by atoms with E-state index in [4.69, 9.17) is 14.2 Å². The van der Waals surface area contributed by atoms with Gasteiger partial charge in [-0.25, -0.2) is 4.98 Å². The second-order valence-corrected chi connectivity index (χ2v) is 6.51. The van der Waals surface area contributed by atoms with E-state index in [9.17, 15) is 4.79 Å². The van der Waals surface area contributed by atoms with Crippen molar-refractivity contribution in [3.63, 3.8) is 0 Å². The Morgan fingerprint density at radius 1 is 1.14 bits per heavy atom. The van der Waals surface area contributed by atoms with Gasteiger partial charge in [0.25, 0.3) is 5.91 Å². The number of hydrogen-bond acceptors (Lipinski definition) is 7. The normalized spacial score (nSPS) is 13.9. The molecule has 0 radical (unpaired) electrons. The summed E-state index contributed by atoms with van der Waals surface area (Å²) in [7, 11) is 0. The lowest BCUT2D eigenvalue weighted by Gasteiger charge is -2.28. The number of hydrogen-bond donors (Lipinski definition) is 1. The number of amides is 1. The van der Waals surface area contributed by atoms with Crippen molar-refractivity contribution in [2.45, 2.75) is 13.8 Å². The Labute approximate surface area is 164 Å². The molecule has 1 N–H and O–H groups in total. The summed E-state index contributed by atoms with van der Waals surface area (Å²) in [5, 5.41) is 2.77. The molecular formula is C20H26N4O4. The summed E-state index contributed by atoms with van der Waals surface area (Å²) >= 11 is 0. The number of aromatic nitrogens is 2. The van der Waals surface area contributed by atoms with Crippen molar-refractivity contribution >= 4 is 11.7 Å². The van der Waals surface area contributed by atoms with Crippen LogP contribution in [0, 0.1) is 13.8 Å². The van der Waals surface area contributed by atoms with E-state index in [0.29, 0.717) is 43.8 Å². The van der Waals surface area contributed by atoms with E-state index in [-0.39, 0.29) is 12.5 Å². The highest BCUT2D eigenvalue weighted by molar-refractivity contribution is 5.77. The van der Waals surface area contributed by atoms with Gasteiger partial charge in [0.05, 0.1) is 19.8 Å². The molecule has 1 amide bonds. The molecule has 0 aliphatic carbocycles. The first-order chi connectivity index (χ1) is 13.6. The van der Waals surface area contributed by atoms with E-state index in [0.717, 1.165) is 24.5 Å². The molecule has 28 heavy (non-hydrogen) atoms. The molecule has 3 rings (SSSR count). The number of carbonyl (C=O) groups excluding carboxylic acids is 1. The molecule has 150 valence electrons. The van der Waals surface area contributed by atoms with E-state index >= 15 is 0 Å². The van der Waals surface area contributed by atoms with Gasteiger partial charge in [-0.15, -0.1) is 0 Å². The van der Waals surface area contributed by atoms with Crippen LogP contribution in [0.2, 0.25) is 0 Å². The van der Waals surface area contributed by atoms with Crippen LogP contribution in [0.15, 0.2) is 30.3 Å². The third-order valence-corrected chi connectivity index (χ3v) is 4.20. The first-order valence-corrected chi connectivity index (χ1v) is 9.37. The number of rotatable bonds is 8. The second-order valence-electron chi connectivity index (χ2n) is 6.51. The summed E-state index contributed by atoms with van der Waals surface area (Å²) < 4.78 is 16.5. The van der Waals surface area contributed by atoms with Crippen molar-refractivity contribution in [3.05, 3.63) is 41.7 Å². The average molecular weight is 386 g/mol. The lowest BCUT2D eigenvalue weighted by molar-refractivity contribution is -0.123. The van der Waals surface area contributed by atoms with Crippen LogP contribution in [0.25, 0.3) is 0 Å². The number of nitrogens with one attached hydrogen (secondary N) is 1. The number of benzene rings is 1. The summed E-state index contributed by atoms with van der Waals surface area (Å²) in [5.41, 5.74) is 1.14. The Bertz CT molecular complexity index is 776. The maximum absolute atomic E-state index is 11.9. The fourth-order valence-electron chi connectivity index (χ4n) is 2.73. The van der Waals surface area contributed by atoms with Crippen LogP contribution < -0.4 is 19.7 Å². The number of anilines is 1. The molecule has 2 aromatic rings. The quantitative estimate of drug-likeness (QED) is 0.688. The van der Waals surface area contributed by atoms with Gasteiger partial charge in [-0.3, -0.25) is 4.79 Å². The smallest absolute Gasteiger partial charge is 0.258 e. The molecular weight excluding hydrogens is 360 g/mol. The van der Waals surface area contributed by atoms with Crippen LogP contribution in [0.1, 0.15) is 11.4 Å². The molecule has 1 aliphatic heterocycles. The first kappa shape index (κ1) is 19.9. The van der Waals surface area contributed by atoms with E-state index < -0.39 is 0 Å². The zero-order valence-electron chi connectivity index (χ0n) is 16.3. The van der Waals surface area contributed by atoms with Gasteiger partial charge in [0.2, 0.25) is 5.88 Å². The van der Waals surface area contributed by atoms with Crippen LogP contribution in [-0.4, -0.2) is 61.9 Å². The summed E-state index contributed by atoms with van der Waals surface area (Å²) in [6.07, 6.45) is 0. The van der Waals surface area contributed by atoms with Gasteiger partial charge in [-0.05, 0) is 26.0 Å². The van der Waals surface area contributed by atoms with Crippen LogP contribution in [0.4, 0.5) is 5.82 Å². The third kappa shape index (κ3) is 6.09. The zero-order chi connectivity index (χ0) is 19.8. The largest absolute Gasteiger partial charge is 0.484 e. The highest BCUT2D eigenvalue weighted by Gasteiger charge is 2.14. The maximum atomic E-state index is 11.9. The van der Waals surface area contributed by atoms with E-state index in [1.807, 2.05) is 44.2 Å². The maximum Gasteiger partial charge on any atom is 0.258 e. The Kier molecular flexibility index (Phi) is 7.02. The first-order valence-electron chi connectivity index (χ1n) is 9.37. The fourth-order valence-corrected chi connectivity index (χ4v) is 2.73. The van der Waals surface area contributed by atoms with Crippen LogP contribution in [0.5, 0.6) is 11.6 Å². The fraction of sp³-hybridized carbons (Fsp3) is 0.450. The summed E-state index contributed by atoms with van der Waals surface area (Å²) in [4.78, 5) is 22.8. The Balaban J connectivity index is 1.40. The molecule has 8 nitrogen and oxygen atoms in total. The molecule has 1 aromatic carbocycles. The van der Waals surface area contributed by atoms with Crippen molar-refractivity contribution in [1.29, 1.82) is 0 Å². The molecule has 0 atom stereocenters. The number of ether oxygens (including phenoxy) is 3. The number of nitrogens with zero attached hydrogens (tertiary/aromatic N) is 3. The lowest BCUT2D eigenvalue weighted by Crippen LogP contribution is -2.37. The number of carbonyl (C=O) groups is 1. The minimum absolute atomic E-state index is 0.0309. The van der Waals surface area contributed by atoms with Gasteiger partial charge in [-0.2, -0.15) is 4.98 Å². The second kappa shape index (κ2) is 9.89. The van der Waals surface area contributed by atoms with Crippen molar-refractivity contribution in [3.8, 4) is 11.6 Å². The summed E-state index contributed by atoms with van der Waals surface area (Å²) in [6, 6.07) is 9.39. The van der Waals surface area contributed by atoms with Crippen LogP contribution >= 0.6 is 0 Å². The molecule has 0 bridgehead atoms. The Morgan fingerprint density at radius 2 is 1.89 bits per heavy atom. The number of aryl methyl sites for hydroxylation is 2. The van der Waals surface area contributed by atoms with Crippen molar-refractivity contribution in [1.82, 2.24) is 15.3 Å². The molecule has 1 aromatic heterocycles. The molecule has 1 saturated heterocycles. The van der Waals surface area contributed by atoms with E-state index in [1.54, 1.807) is 0 Å². The molecule has 8 heteroatoms. The monoisotopic (exact) mass is 386 g/mol. The van der Waals surface area contributed by atoms with E-state index in [1.165, 1.54) is 0 Å². The average Bonchev–Trinajstić information content (AvgIpc) is 2.71. The highest BCUT2D eigenvalue weighted by atomic mass is 16.5. The third-order valence-electron chi connectivity index (χ3n) is 4.20. The van der Waals surface area contributed by atoms with Crippen molar-refractivity contribution in [2.24, 2.45) is 0 Å². The van der Waals surface area contributed by atoms with Crippen LogP contribution in [-0.2, 0) is 9.53 Å². The van der Waals surface area contributed by atoms with Crippen molar-refractivity contribution < 1.29 is 19.0 Å². The zero-order valence-corrected chi connectivity index (χ0v) is 16.3.